The molecule has 0 fully saturated rings. The smallest absolute Gasteiger partial charge is 0.324 e. The van der Waals surface area contributed by atoms with Crippen LogP contribution in [0.25, 0.3) is 0 Å². The average molecular weight is 244 g/mol. The Hall–Kier alpha value is -1.47. The van der Waals surface area contributed by atoms with Crippen LogP contribution < -0.4 is 5.32 Å². The molecule has 0 saturated carbocycles. The minimum atomic E-state index is -0.431. The van der Waals surface area contributed by atoms with Crippen LogP contribution in [0.2, 0.25) is 0 Å². The molecule has 88 valence electrons. The van der Waals surface area contributed by atoms with Gasteiger partial charge in [0.1, 0.15) is 0 Å². The van der Waals surface area contributed by atoms with Crippen molar-refractivity contribution in [3.63, 3.8) is 0 Å². The molecule has 0 spiro atoms. The Morgan fingerprint density at radius 2 is 2.44 bits per heavy atom. The molecule has 0 saturated heterocycles. The fourth-order valence-electron chi connectivity index (χ4n) is 1.07. The lowest BCUT2D eigenvalue weighted by Crippen LogP contribution is -2.24. The van der Waals surface area contributed by atoms with Gasteiger partial charge in [0.25, 0.3) is 0 Å². The summed E-state index contributed by atoms with van der Waals surface area (Å²) in [5.41, 5.74) is 0.793. The molecule has 0 aromatic carbocycles. The third kappa shape index (κ3) is 3.95. The third-order valence-electron chi connectivity index (χ3n) is 1.72. The van der Waals surface area contributed by atoms with Crippen LogP contribution in [0.4, 0.5) is 5.00 Å². The highest BCUT2D eigenvalue weighted by molar-refractivity contribution is 7.13. The Morgan fingerprint density at radius 1 is 1.69 bits per heavy atom. The molecular weight excluding hydrogens is 232 g/mol. The Kier molecular flexibility index (Phi) is 4.87. The first-order valence-electron chi connectivity index (χ1n) is 4.71. The Bertz CT molecular complexity index is 377. The van der Waals surface area contributed by atoms with Gasteiger partial charge in [-0.3, -0.25) is 14.9 Å². The van der Waals surface area contributed by atoms with Crippen molar-refractivity contribution < 1.29 is 14.5 Å². The van der Waals surface area contributed by atoms with E-state index < -0.39 is 4.92 Å². The molecule has 16 heavy (non-hydrogen) atoms. The van der Waals surface area contributed by atoms with Gasteiger partial charge in [-0.1, -0.05) is 11.3 Å². The maximum atomic E-state index is 11.0. The van der Waals surface area contributed by atoms with Crippen molar-refractivity contribution in [2.24, 2.45) is 0 Å². The number of ether oxygens (including phenoxy) is 1. The van der Waals surface area contributed by atoms with Gasteiger partial charge in [-0.25, -0.2) is 0 Å². The lowest BCUT2D eigenvalue weighted by molar-refractivity contribution is -0.380. The summed E-state index contributed by atoms with van der Waals surface area (Å²) in [5.74, 6) is -0.327. The number of nitrogens with one attached hydrogen (secondary N) is 1. The molecule has 1 heterocycles. The SMILES string of the molecule is CCOC(=O)CNCc1csc([N+](=O)[O-])c1. The minimum absolute atomic E-state index is 0.105. The molecule has 1 aromatic rings. The Morgan fingerprint density at radius 3 is 3.00 bits per heavy atom. The van der Waals surface area contributed by atoms with Gasteiger partial charge in [-0.15, -0.1) is 0 Å². The lowest BCUT2D eigenvalue weighted by atomic mass is 10.3. The number of esters is 1. The molecule has 1 aromatic heterocycles. The standard InChI is InChI=1S/C9H12N2O4S/c1-2-15-9(12)5-10-4-7-3-8(11(13)14)16-6-7/h3,6,10H,2,4-5H2,1H3. The van der Waals surface area contributed by atoms with Crippen LogP contribution in [-0.4, -0.2) is 24.0 Å². The van der Waals surface area contributed by atoms with Gasteiger partial charge in [0.15, 0.2) is 0 Å². The second kappa shape index (κ2) is 6.19. The zero-order valence-electron chi connectivity index (χ0n) is 8.76. The second-order valence-electron chi connectivity index (χ2n) is 2.96. The molecule has 0 aliphatic rings. The summed E-state index contributed by atoms with van der Waals surface area (Å²) in [5, 5.41) is 15.0. The molecule has 0 unspecified atom stereocenters. The summed E-state index contributed by atoms with van der Waals surface area (Å²) in [6.45, 7) is 2.62. The largest absolute Gasteiger partial charge is 0.465 e. The van der Waals surface area contributed by atoms with E-state index in [1.54, 1.807) is 12.3 Å². The second-order valence-corrected chi connectivity index (χ2v) is 3.85. The van der Waals surface area contributed by atoms with Gasteiger partial charge < -0.3 is 10.1 Å². The predicted molar refractivity (Wildman–Crippen MR) is 59.3 cm³/mol. The summed E-state index contributed by atoms with van der Waals surface area (Å²) in [7, 11) is 0. The average Bonchev–Trinajstić information content (AvgIpc) is 2.67. The van der Waals surface area contributed by atoms with E-state index in [1.807, 2.05) is 0 Å². The molecule has 6 nitrogen and oxygen atoms in total. The molecule has 0 atom stereocenters. The minimum Gasteiger partial charge on any atom is -0.465 e. The van der Waals surface area contributed by atoms with E-state index in [0.29, 0.717) is 13.2 Å². The van der Waals surface area contributed by atoms with Gasteiger partial charge in [-0.2, -0.15) is 0 Å². The highest BCUT2D eigenvalue weighted by Gasteiger charge is 2.09. The summed E-state index contributed by atoms with van der Waals surface area (Å²) in [6, 6.07) is 1.49. The first-order valence-corrected chi connectivity index (χ1v) is 5.59. The first-order chi connectivity index (χ1) is 7.63. The monoisotopic (exact) mass is 244 g/mol. The van der Waals surface area contributed by atoms with E-state index in [4.69, 9.17) is 4.74 Å². The van der Waals surface area contributed by atoms with E-state index >= 15 is 0 Å². The molecule has 0 amide bonds. The topological polar surface area (TPSA) is 81.5 Å². The van der Waals surface area contributed by atoms with Crippen molar-refractivity contribution >= 4 is 22.3 Å². The fraction of sp³-hybridized carbons (Fsp3) is 0.444. The van der Waals surface area contributed by atoms with Crippen molar-refractivity contribution in [3.8, 4) is 0 Å². The number of carbonyl (C=O) groups is 1. The molecular formula is C9H12N2O4S. The van der Waals surface area contributed by atoms with Crippen molar-refractivity contribution in [3.05, 3.63) is 27.1 Å². The fourth-order valence-corrected chi connectivity index (χ4v) is 1.80. The van der Waals surface area contributed by atoms with E-state index in [1.165, 1.54) is 6.07 Å². The quantitative estimate of drug-likeness (QED) is 0.463. The zero-order valence-corrected chi connectivity index (χ0v) is 9.58. The van der Waals surface area contributed by atoms with Crippen LogP contribution in [0.3, 0.4) is 0 Å². The third-order valence-corrected chi connectivity index (χ3v) is 2.65. The Balaban J connectivity index is 2.32. The Labute approximate surface area is 96.4 Å². The zero-order chi connectivity index (χ0) is 12.0. The van der Waals surface area contributed by atoms with E-state index in [2.05, 4.69) is 5.32 Å². The van der Waals surface area contributed by atoms with Gasteiger partial charge in [-0.05, 0) is 12.5 Å². The van der Waals surface area contributed by atoms with Crippen molar-refractivity contribution in [2.45, 2.75) is 13.5 Å². The molecule has 0 bridgehead atoms. The van der Waals surface area contributed by atoms with Gasteiger partial charge in [0.2, 0.25) is 0 Å². The highest BCUT2D eigenvalue weighted by Crippen LogP contribution is 2.22. The number of rotatable bonds is 6. The van der Waals surface area contributed by atoms with Gasteiger partial charge in [0, 0.05) is 18.0 Å². The van der Waals surface area contributed by atoms with Crippen LogP contribution >= 0.6 is 11.3 Å². The molecule has 0 aliphatic heterocycles. The van der Waals surface area contributed by atoms with Crippen LogP contribution in [0.15, 0.2) is 11.4 Å². The summed E-state index contributed by atoms with van der Waals surface area (Å²) in [6.07, 6.45) is 0. The maximum Gasteiger partial charge on any atom is 0.324 e. The van der Waals surface area contributed by atoms with Crippen molar-refractivity contribution in [1.29, 1.82) is 0 Å². The molecule has 0 aliphatic carbocycles. The van der Waals surface area contributed by atoms with Crippen LogP contribution in [0.5, 0.6) is 0 Å². The van der Waals surface area contributed by atoms with Crippen molar-refractivity contribution in [2.75, 3.05) is 13.2 Å². The molecule has 1 N–H and O–H groups in total. The summed E-state index contributed by atoms with van der Waals surface area (Å²) in [4.78, 5) is 20.9. The number of nitrogens with zero attached hydrogens (tertiary/aromatic N) is 1. The summed E-state index contributed by atoms with van der Waals surface area (Å²) >= 11 is 1.07. The molecule has 0 radical (unpaired) electrons. The van der Waals surface area contributed by atoms with Gasteiger partial charge >= 0.3 is 11.0 Å². The number of hydrogen-bond acceptors (Lipinski definition) is 6. The molecule has 1 rings (SSSR count). The van der Waals surface area contributed by atoms with Crippen LogP contribution in [0, 0.1) is 10.1 Å². The van der Waals surface area contributed by atoms with Crippen LogP contribution in [-0.2, 0) is 16.1 Å². The molecule has 7 heteroatoms. The van der Waals surface area contributed by atoms with Crippen LogP contribution in [0.1, 0.15) is 12.5 Å². The van der Waals surface area contributed by atoms with Crippen molar-refractivity contribution in [1.82, 2.24) is 5.32 Å². The number of nitro groups is 1. The number of carbonyl (C=O) groups excluding carboxylic acids is 1. The number of thiophene rings is 1. The predicted octanol–water partition coefficient (Wildman–Crippen LogP) is 1.31. The maximum absolute atomic E-state index is 11.0. The summed E-state index contributed by atoms with van der Waals surface area (Å²) < 4.78 is 4.72. The lowest BCUT2D eigenvalue weighted by Gasteiger charge is -2.02. The van der Waals surface area contributed by atoms with E-state index in [-0.39, 0.29) is 17.5 Å². The van der Waals surface area contributed by atoms with E-state index in [9.17, 15) is 14.9 Å². The highest BCUT2D eigenvalue weighted by atomic mass is 32.1. The van der Waals surface area contributed by atoms with Gasteiger partial charge in [0.05, 0.1) is 18.1 Å². The van der Waals surface area contributed by atoms with E-state index in [0.717, 1.165) is 16.9 Å². The number of hydrogen-bond donors (Lipinski definition) is 1. The first kappa shape index (κ1) is 12.6. The normalized spacial score (nSPS) is 10.1.